The van der Waals surface area contributed by atoms with Gasteiger partial charge in [0, 0.05) is 31.9 Å². The number of rotatable bonds is 7. The average molecular weight is 447 g/mol. The fourth-order valence-corrected chi connectivity index (χ4v) is 3.98. The number of amides is 1. The van der Waals surface area contributed by atoms with Gasteiger partial charge in [-0.25, -0.2) is 4.57 Å². The number of nitrogens with zero attached hydrogens (tertiary/aromatic N) is 3. The normalized spacial score (nSPS) is 12.2. The average Bonchev–Trinajstić information content (AvgIpc) is 2.82. The van der Waals surface area contributed by atoms with Crippen molar-refractivity contribution in [3.05, 3.63) is 81.8 Å². The van der Waals surface area contributed by atoms with Crippen LogP contribution in [0.3, 0.4) is 0 Å². The lowest BCUT2D eigenvalue weighted by Gasteiger charge is -2.16. The first-order valence-electron chi connectivity index (χ1n) is 10.9. The van der Waals surface area contributed by atoms with Crippen molar-refractivity contribution in [1.29, 1.82) is 0 Å². The second-order valence-electron chi connectivity index (χ2n) is 8.09. The molecule has 0 spiro atoms. The van der Waals surface area contributed by atoms with Crippen LogP contribution in [-0.4, -0.2) is 29.0 Å². The van der Waals surface area contributed by atoms with Crippen molar-refractivity contribution < 1.29 is 14.1 Å². The molecule has 0 radical (unpaired) electrons. The number of nitrogen functional groups attached to an aromatic ring is 1. The van der Waals surface area contributed by atoms with Crippen LogP contribution >= 0.6 is 0 Å². The number of hydrogen-bond acceptors (Lipinski definition) is 5. The topological polar surface area (TPSA) is 103 Å². The van der Waals surface area contributed by atoms with E-state index in [2.05, 4.69) is 5.32 Å². The highest BCUT2D eigenvalue weighted by atomic mass is 16.5. The number of benzene rings is 1. The van der Waals surface area contributed by atoms with Crippen LogP contribution in [-0.2, 0) is 11.3 Å². The molecule has 0 aliphatic rings. The van der Waals surface area contributed by atoms with Crippen molar-refractivity contribution in [3.63, 3.8) is 0 Å². The predicted molar refractivity (Wildman–Crippen MR) is 127 cm³/mol. The van der Waals surface area contributed by atoms with Crippen LogP contribution in [0.25, 0.3) is 16.7 Å². The third kappa shape index (κ3) is 4.29. The number of anilines is 1. The summed E-state index contributed by atoms with van der Waals surface area (Å²) in [5, 5.41) is 3.33. The van der Waals surface area contributed by atoms with E-state index in [0.29, 0.717) is 36.3 Å². The highest BCUT2D eigenvalue weighted by molar-refractivity contribution is 6.00. The largest absolute Gasteiger partial charge is 0.385 e. The summed E-state index contributed by atoms with van der Waals surface area (Å²) < 4.78 is 8.43. The first-order chi connectivity index (χ1) is 15.9. The van der Waals surface area contributed by atoms with E-state index in [4.69, 9.17) is 15.5 Å². The Morgan fingerprint density at radius 2 is 2.00 bits per heavy atom. The van der Waals surface area contributed by atoms with Crippen molar-refractivity contribution in [1.82, 2.24) is 14.7 Å². The molecular formula is C25H28N5O3+. The molecule has 3 aromatic heterocycles. The van der Waals surface area contributed by atoms with Crippen LogP contribution in [0.1, 0.15) is 40.9 Å². The van der Waals surface area contributed by atoms with Crippen LogP contribution in [0.4, 0.5) is 5.82 Å². The number of methoxy groups -OCH3 is 1. The first kappa shape index (κ1) is 22.4. The molecule has 3 N–H and O–H groups in total. The van der Waals surface area contributed by atoms with Crippen LogP contribution in [0.5, 0.6) is 0 Å². The Balaban J connectivity index is 1.86. The zero-order valence-corrected chi connectivity index (χ0v) is 19.0. The van der Waals surface area contributed by atoms with Gasteiger partial charge in [0.15, 0.2) is 0 Å². The lowest BCUT2D eigenvalue weighted by Crippen LogP contribution is -2.43. The Morgan fingerprint density at radius 3 is 2.73 bits per heavy atom. The minimum atomic E-state index is -0.347. The summed E-state index contributed by atoms with van der Waals surface area (Å²) in [5.74, 6) is -0.0822. The molecular weight excluding hydrogens is 418 g/mol. The molecule has 0 bridgehead atoms. The van der Waals surface area contributed by atoms with Crippen molar-refractivity contribution >= 4 is 28.4 Å². The van der Waals surface area contributed by atoms with E-state index in [0.717, 1.165) is 11.1 Å². The Kier molecular flexibility index (Phi) is 6.37. The molecule has 0 unspecified atom stereocenters. The molecule has 3 heterocycles. The maximum atomic E-state index is 13.4. The van der Waals surface area contributed by atoms with Crippen LogP contribution < -0.4 is 21.2 Å². The number of pyridine rings is 2. The summed E-state index contributed by atoms with van der Waals surface area (Å²) >= 11 is 0. The lowest BCUT2D eigenvalue weighted by molar-refractivity contribution is -0.659. The van der Waals surface area contributed by atoms with Gasteiger partial charge in [0.2, 0.25) is 11.5 Å². The van der Waals surface area contributed by atoms with Gasteiger partial charge in [-0.05, 0) is 31.5 Å². The first-order valence-corrected chi connectivity index (χ1v) is 10.9. The maximum Gasteiger partial charge on any atom is 0.278 e. The molecule has 4 rings (SSSR count). The lowest BCUT2D eigenvalue weighted by atomic mass is 10.1. The second kappa shape index (κ2) is 9.38. The monoisotopic (exact) mass is 446 g/mol. The zero-order valence-electron chi connectivity index (χ0n) is 19.0. The zero-order chi connectivity index (χ0) is 23.5. The smallest absolute Gasteiger partial charge is 0.278 e. The molecule has 0 fully saturated rings. The maximum absolute atomic E-state index is 13.4. The SMILES string of the molecule is COCCC[n+]1c(N)c(C(=O)N[C@H](C)c2ccccc2)cc2c(=O)n3cccc(C)c3nc21. The minimum absolute atomic E-state index is 0.228. The van der Waals surface area contributed by atoms with Crippen LogP contribution in [0.2, 0.25) is 0 Å². The number of aryl methyl sites for hydroxylation is 2. The number of ether oxygens (including phenoxy) is 1. The summed E-state index contributed by atoms with van der Waals surface area (Å²) in [4.78, 5) is 31.4. The standard InChI is InChI=1S/C25H27N5O3/c1-16-9-7-12-30-22(16)28-23-20(25(30)32)15-19(21(26)29(23)13-8-14-33-3)24(31)27-17(2)18-10-5-4-6-11-18/h4-7,9-12,15,17,26H,8,13-14H2,1-3H3,(H,27,31)/p+1/t17-/m1/s1. The van der Waals surface area contributed by atoms with E-state index in [-0.39, 0.29) is 28.9 Å². The molecule has 1 atom stereocenters. The molecule has 4 aromatic rings. The van der Waals surface area contributed by atoms with Gasteiger partial charge >= 0.3 is 0 Å². The van der Waals surface area contributed by atoms with Crippen molar-refractivity contribution in [2.24, 2.45) is 0 Å². The summed E-state index contributed by atoms with van der Waals surface area (Å²) in [6.45, 7) is 4.78. The number of carbonyl (C=O) groups is 1. The number of carbonyl (C=O) groups excluding carboxylic acids is 1. The number of fused-ring (bicyclic) bond motifs is 2. The van der Waals surface area contributed by atoms with Gasteiger partial charge in [0.05, 0.1) is 12.6 Å². The van der Waals surface area contributed by atoms with E-state index in [9.17, 15) is 9.59 Å². The molecule has 0 saturated carbocycles. The number of nitrogens with two attached hydrogens (primary N) is 1. The van der Waals surface area contributed by atoms with Gasteiger partial charge in [0.25, 0.3) is 17.1 Å². The summed E-state index contributed by atoms with van der Waals surface area (Å²) in [7, 11) is 1.63. The summed E-state index contributed by atoms with van der Waals surface area (Å²) in [5.41, 5.74) is 9.35. The van der Waals surface area contributed by atoms with E-state index in [1.807, 2.05) is 50.2 Å². The highest BCUT2D eigenvalue weighted by Gasteiger charge is 2.25. The Morgan fingerprint density at radius 1 is 1.24 bits per heavy atom. The van der Waals surface area contributed by atoms with Crippen LogP contribution in [0, 0.1) is 6.92 Å². The molecule has 0 aliphatic carbocycles. The molecule has 1 aromatic carbocycles. The summed E-state index contributed by atoms with van der Waals surface area (Å²) in [6, 6.07) is 14.7. The number of aromatic nitrogens is 3. The second-order valence-corrected chi connectivity index (χ2v) is 8.09. The molecule has 1 amide bonds. The third-order valence-corrected chi connectivity index (χ3v) is 5.80. The Bertz CT molecular complexity index is 1380. The fourth-order valence-electron chi connectivity index (χ4n) is 3.98. The van der Waals surface area contributed by atoms with Gasteiger partial charge in [-0.1, -0.05) is 41.4 Å². The molecule has 0 saturated heterocycles. The van der Waals surface area contributed by atoms with E-state index >= 15 is 0 Å². The number of hydrogen-bond donors (Lipinski definition) is 2. The predicted octanol–water partition coefficient (Wildman–Crippen LogP) is 2.55. The van der Waals surface area contributed by atoms with Crippen molar-refractivity contribution in [2.75, 3.05) is 19.5 Å². The molecule has 0 aliphatic heterocycles. The van der Waals surface area contributed by atoms with E-state index < -0.39 is 0 Å². The Hall–Kier alpha value is -3.78. The molecule has 170 valence electrons. The minimum Gasteiger partial charge on any atom is -0.385 e. The van der Waals surface area contributed by atoms with Gasteiger partial charge in [-0.3, -0.25) is 14.0 Å². The molecule has 8 heteroatoms. The van der Waals surface area contributed by atoms with E-state index in [1.165, 1.54) is 4.40 Å². The van der Waals surface area contributed by atoms with Gasteiger partial charge < -0.3 is 15.8 Å². The quantitative estimate of drug-likeness (QED) is 0.258. The van der Waals surface area contributed by atoms with Crippen LogP contribution in [0.15, 0.2) is 59.5 Å². The van der Waals surface area contributed by atoms with Crippen molar-refractivity contribution in [2.45, 2.75) is 32.9 Å². The summed E-state index contributed by atoms with van der Waals surface area (Å²) in [6.07, 6.45) is 2.33. The molecule has 33 heavy (non-hydrogen) atoms. The van der Waals surface area contributed by atoms with Gasteiger partial charge in [0.1, 0.15) is 10.9 Å². The Labute approximate surface area is 191 Å². The fraction of sp³-hybridized carbons (Fsp3) is 0.280. The van der Waals surface area contributed by atoms with Crippen molar-refractivity contribution in [3.8, 4) is 0 Å². The van der Waals surface area contributed by atoms with Gasteiger partial charge in [-0.2, -0.15) is 0 Å². The molecule has 8 nitrogen and oxygen atoms in total. The van der Waals surface area contributed by atoms with E-state index in [1.54, 1.807) is 30.0 Å². The third-order valence-electron chi connectivity index (χ3n) is 5.80. The number of nitrogens with one attached hydrogen (secondary N) is 1. The van der Waals surface area contributed by atoms with Gasteiger partial charge in [-0.15, -0.1) is 0 Å². The highest BCUT2D eigenvalue weighted by Crippen LogP contribution is 2.18.